The molecule has 2 bridgehead atoms. The second-order valence-corrected chi connectivity index (χ2v) is 9.70. The normalized spacial score (nSPS) is 23.9. The summed E-state index contributed by atoms with van der Waals surface area (Å²) < 4.78 is 15.1. The van der Waals surface area contributed by atoms with Crippen molar-refractivity contribution in [2.24, 2.45) is 7.05 Å². The number of aryl methyl sites for hydroxylation is 1. The number of aliphatic hydroxyl groups is 1. The summed E-state index contributed by atoms with van der Waals surface area (Å²) in [7, 11) is 1.65. The van der Waals surface area contributed by atoms with E-state index in [1.807, 2.05) is 0 Å². The van der Waals surface area contributed by atoms with Gasteiger partial charge in [-0.1, -0.05) is 0 Å². The first-order valence-corrected chi connectivity index (χ1v) is 11.3. The van der Waals surface area contributed by atoms with Gasteiger partial charge in [0.05, 0.1) is 16.9 Å². The second kappa shape index (κ2) is 8.09. The van der Waals surface area contributed by atoms with Crippen molar-refractivity contribution in [3.8, 4) is 0 Å². The zero-order valence-electron chi connectivity index (χ0n) is 19.5. The number of fused-ring (bicyclic) bond motifs is 3. The first-order valence-electron chi connectivity index (χ1n) is 11.3. The number of hydrogen-bond donors (Lipinski definition) is 3. The Morgan fingerprint density at radius 3 is 2.21 bits per heavy atom. The highest BCUT2D eigenvalue weighted by atomic mass is 19.1. The lowest BCUT2D eigenvalue weighted by atomic mass is 9.63. The second-order valence-electron chi connectivity index (χ2n) is 9.70. The van der Waals surface area contributed by atoms with Crippen LogP contribution in [0.1, 0.15) is 76.2 Å². The van der Waals surface area contributed by atoms with Crippen LogP contribution in [0.2, 0.25) is 0 Å². The SMILES string of the molecule is Cc1cc(NC(=O)c2c(C)c(C(=O)C(=O)NC34CCC(O)(CC3)CC4)n(C)c2C)ccc1F. The van der Waals surface area contributed by atoms with Gasteiger partial charge in [-0.15, -0.1) is 0 Å². The van der Waals surface area contributed by atoms with Gasteiger partial charge in [-0.25, -0.2) is 4.39 Å². The first-order chi connectivity index (χ1) is 15.5. The monoisotopic (exact) mass is 455 g/mol. The van der Waals surface area contributed by atoms with E-state index in [0.717, 1.165) is 0 Å². The molecule has 0 atom stereocenters. The Balaban J connectivity index is 1.55. The molecule has 8 heteroatoms. The molecule has 3 aliphatic carbocycles. The third-order valence-corrected chi connectivity index (χ3v) is 7.58. The number of ketones is 1. The zero-order valence-corrected chi connectivity index (χ0v) is 19.5. The Kier molecular flexibility index (Phi) is 5.68. The van der Waals surface area contributed by atoms with Crippen molar-refractivity contribution in [1.29, 1.82) is 0 Å². The van der Waals surface area contributed by atoms with Crippen LogP contribution in [-0.2, 0) is 11.8 Å². The lowest BCUT2D eigenvalue weighted by molar-refractivity contribution is -0.124. The fourth-order valence-corrected chi connectivity index (χ4v) is 5.31. The number of rotatable bonds is 5. The van der Waals surface area contributed by atoms with Gasteiger partial charge in [0.2, 0.25) is 0 Å². The molecule has 3 saturated carbocycles. The van der Waals surface area contributed by atoms with Crippen LogP contribution in [-0.4, -0.2) is 38.4 Å². The Hall–Kier alpha value is -3.00. The summed E-state index contributed by atoms with van der Waals surface area (Å²) in [6, 6.07) is 4.29. The van der Waals surface area contributed by atoms with Gasteiger partial charge in [0.25, 0.3) is 17.6 Å². The number of halogens is 1. The molecular weight excluding hydrogens is 425 g/mol. The Morgan fingerprint density at radius 2 is 1.64 bits per heavy atom. The van der Waals surface area contributed by atoms with Gasteiger partial charge < -0.3 is 20.3 Å². The number of benzene rings is 1. The van der Waals surface area contributed by atoms with Gasteiger partial charge in [0.1, 0.15) is 5.82 Å². The molecule has 33 heavy (non-hydrogen) atoms. The van der Waals surface area contributed by atoms with E-state index in [4.69, 9.17) is 0 Å². The number of nitrogens with zero attached hydrogens (tertiary/aromatic N) is 1. The maximum absolute atomic E-state index is 13.5. The average molecular weight is 456 g/mol. The highest BCUT2D eigenvalue weighted by Gasteiger charge is 2.49. The maximum Gasteiger partial charge on any atom is 0.294 e. The van der Waals surface area contributed by atoms with Crippen molar-refractivity contribution >= 4 is 23.3 Å². The van der Waals surface area contributed by atoms with Crippen molar-refractivity contribution in [2.45, 2.75) is 70.4 Å². The molecule has 1 aromatic carbocycles. The average Bonchev–Trinajstić information content (AvgIpc) is 2.99. The molecule has 1 aromatic heterocycles. The number of aromatic nitrogens is 1. The highest BCUT2D eigenvalue weighted by Crippen LogP contribution is 2.46. The Bertz CT molecular complexity index is 1140. The summed E-state index contributed by atoms with van der Waals surface area (Å²) in [6.07, 6.45) is 3.82. The van der Waals surface area contributed by atoms with E-state index < -0.39 is 28.7 Å². The molecule has 2 amide bonds. The van der Waals surface area contributed by atoms with Gasteiger partial charge in [0, 0.05) is 24.0 Å². The van der Waals surface area contributed by atoms with Crippen LogP contribution in [0.3, 0.4) is 0 Å². The van der Waals surface area contributed by atoms with Crippen molar-refractivity contribution < 1.29 is 23.9 Å². The molecule has 0 aliphatic heterocycles. The minimum absolute atomic E-state index is 0.171. The number of carbonyl (C=O) groups is 3. The molecule has 3 aliphatic rings. The zero-order chi connectivity index (χ0) is 24.1. The van der Waals surface area contributed by atoms with Crippen molar-refractivity contribution in [1.82, 2.24) is 9.88 Å². The summed E-state index contributed by atoms with van der Waals surface area (Å²) >= 11 is 0. The molecule has 3 fully saturated rings. The molecule has 2 aromatic rings. The van der Waals surface area contributed by atoms with Crippen molar-refractivity contribution in [3.05, 3.63) is 52.1 Å². The first kappa shape index (κ1) is 23.2. The number of Topliss-reactive ketones (excluding diaryl/α,β-unsaturated/α-hetero) is 1. The summed E-state index contributed by atoms with van der Waals surface area (Å²) in [6.45, 7) is 4.98. The number of amides is 2. The Labute approximate surface area is 192 Å². The summed E-state index contributed by atoms with van der Waals surface area (Å²) in [5.41, 5.74) is 1.23. The molecule has 5 rings (SSSR count). The summed E-state index contributed by atoms with van der Waals surface area (Å²) in [4.78, 5) is 39.1. The van der Waals surface area contributed by atoms with Crippen LogP contribution in [0.4, 0.5) is 10.1 Å². The third kappa shape index (κ3) is 4.08. The molecule has 0 saturated heterocycles. The quantitative estimate of drug-likeness (QED) is 0.475. The van der Waals surface area contributed by atoms with Crippen LogP contribution >= 0.6 is 0 Å². The topological polar surface area (TPSA) is 100 Å². The van der Waals surface area contributed by atoms with Gasteiger partial charge in [0.15, 0.2) is 0 Å². The molecule has 1 heterocycles. The van der Waals surface area contributed by atoms with Crippen LogP contribution < -0.4 is 10.6 Å². The summed E-state index contributed by atoms with van der Waals surface area (Å²) in [5.74, 6) is -2.16. The molecule has 3 N–H and O–H groups in total. The number of anilines is 1. The molecule has 0 radical (unpaired) electrons. The summed E-state index contributed by atoms with van der Waals surface area (Å²) in [5, 5.41) is 16.1. The lowest BCUT2D eigenvalue weighted by Gasteiger charge is -2.51. The standard InChI is InChI=1S/C25H30FN3O4/c1-14-13-17(5-6-18(14)26)27-22(31)19-15(2)20(29(4)16(19)3)21(30)23(32)28-24-7-10-25(33,11-8-24)12-9-24/h5-6,13,33H,7-12H2,1-4H3,(H,27,31)(H,28,32). The van der Waals surface area contributed by atoms with E-state index in [-0.39, 0.29) is 11.5 Å². The van der Waals surface area contributed by atoms with Crippen LogP contribution in [0, 0.1) is 26.6 Å². The van der Waals surface area contributed by atoms with Crippen LogP contribution in [0.15, 0.2) is 18.2 Å². The fourth-order valence-electron chi connectivity index (χ4n) is 5.31. The largest absolute Gasteiger partial charge is 0.390 e. The van der Waals surface area contributed by atoms with Crippen LogP contribution in [0.5, 0.6) is 0 Å². The van der Waals surface area contributed by atoms with E-state index in [1.54, 1.807) is 32.4 Å². The van der Waals surface area contributed by atoms with Gasteiger partial charge in [-0.2, -0.15) is 0 Å². The molecular formula is C25H30FN3O4. The fraction of sp³-hybridized carbons (Fsp3) is 0.480. The molecule has 7 nitrogen and oxygen atoms in total. The van der Waals surface area contributed by atoms with Gasteiger partial charge in [-0.05, 0) is 88.6 Å². The lowest BCUT2D eigenvalue weighted by Crippen LogP contribution is -2.59. The van der Waals surface area contributed by atoms with E-state index >= 15 is 0 Å². The minimum atomic E-state index is -0.688. The number of nitrogens with one attached hydrogen (secondary N) is 2. The molecule has 176 valence electrons. The predicted octanol–water partition coefficient (Wildman–Crippen LogP) is 3.48. The van der Waals surface area contributed by atoms with Crippen molar-refractivity contribution in [3.63, 3.8) is 0 Å². The van der Waals surface area contributed by atoms with Crippen molar-refractivity contribution in [2.75, 3.05) is 5.32 Å². The van der Waals surface area contributed by atoms with E-state index in [9.17, 15) is 23.9 Å². The van der Waals surface area contributed by atoms with E-state index in [0.29, 0.717) is 66.6 Å². The minimum Gasteiger partial charge on any atom is -0.390 e. The predicted molar refractivity (Wildman–Crippen MR) is 122 cm³/mol. The van der Waals surface area contributed by atoms with Gasteiger partial charge >= 0.3 is 0 Å². The maximum atomic E-state index is 13.5. The third-order valence-electron chi connectivity index (χ3n) is 7.58. The molecule has 0 unspecified atom stereocenters. The van der Waals surface area contributed by atoms with Crippen LogP contribution in [0.25, 0.3) is 0 Å². The highest BCUT2D eigenvalue weighted by molar-refractivity contribution is 6.43. The molecule has 0 spiro atoms. The van der Waals surface area contributed by atoms with E-state index in [1.165, 1.54) is 18.2 Å². The smallest absolute Gasteiger partial charge is 0.294 e. The van der Waals surface area contributed by atoms with Gasteiger partial charge in [-0.3, -0.25) is 14.4 Å². The number of carbonyl (C=O) groups excluding carboxylic acids is 3. The number of hydrogen-bond acceptors (Lipinski definition) is 4. The Morgan fingerprint density at radius 1 is 1.03 bits per heavy atom. The van der Waals surface area contributed by atoms with E-state index in [2.05, 4.69) is 10.6 Å².